The first kappa shape index (κ1) is 17.3. The Hall–Kier alpha value is -2.77. The van der Waals surface area contributed by atoms with Gasteiger partial charge in [0.2, 0.25) is 0 Å². The number of carbonyl (C=O) groups is 3. The Morgan fingerprint density at radius 2 is 1.77 bits per heavy atom. The molecule has 22 heavy (non-hydrogen) atoms. The van der Waals surface area contributed by atoms with Crippen LogP contribution in [0.3, 0.4) is 0 Å². The molecule has 8 nitrogen and oxygen atoms in total. The third-order valence-corrected chi connectivity index (χ3v) is 2.71. The van der Waals surface area contributed by atoms with Crippen LogP contribution in [0.4, 0.5) is 10.5 Å². The molecule has 8 heteroatoms. The number of anilines is 1. The highest BCUT2D eigenvalue weighted by molar-refractivity contribution is 5.93. The van der Waals surface area contributed by atoms with Gasteiger partial charge in [-0.2, -0.15) is 0 Å². The molecule has 0 radical (unpaired) electrons. The second-order valence-electron chi connectivity index (χ2n) is 4.31. The number of carboxylic acid groups (broad SMARTS) is 1. The van der Waals surface area contributed by atoms with Crippen LogP contribution in [-0.2, 0) is 9.59 Å². The van der Waals surface area contributed by atoms with Crippen LogP contribution in [0.2, 0.25) is 0 Å². The van der Waals surface area contributed by atoms with E-state index < -0.39 is 12.0 Å². The van der Waals surface area contributed by atoms with Crippen LogP contribution in [0.5, 0.6) is 11.5 Å². The molecule has 0 saturated heterocycles. The number of hydrogen-bond acceptors (Lipinski definition) is 5. The van der Waals surface area contributed by atoms with Crippen molar-refractivity contribution in [3.05, 3.63) is 18.2 Å². The summed E-state index contributed by atoms with van der Waals surface area (Å²) in [5, 5.41) is 13.3. The van der Waals surface area contributed by atoms with E-state index in [0.29, 0.717) is 17.2 Å². The summed E-state index contributed by atoms with van der Waals surface area (Å²) in [5.41, 5.74) is 0.466. The van der Waals surface area contributed by atoms with E-state index in [0.717, 1.165) is 0 Å². The monoisotopic (exact) mass is 310 g/mol. The Morgan fingerprint density at radius 3 is 2.36 bits per heavy atom. The quantitative estimate of drug-likeness (QED) is 0.666. The number of hydrogen-bond donors (Lipinski definition) is 3. The number of carboxylic acids is 1. The first-order valence-electron chi connectivity index (χ1n) is 6.46. The molecule has 0 aliphatic rings. The number of rotatable bonds is 8. The lowest BCUT2D eigenvalue weighted by atomic mass is 10.2. The van der Waals surface area contributed by atoms with E-state index in [1.807, 2.05) is 0 Å². The second kappa shape index (κ2) is 8.50. The standard InChI is InChI=1S/C14H18N2O6/c1-21-11-5-3-9(7-12(11)22-2)16-14(20)15-8-10(17)4-6-13(18)19/h3,5,7H,4,6,8H2,1-2H3,(H,18,19)(H2,15,16,20). The zero-order valence-electron chi connectivity index (χ0n) is 12.3. The molecule has 0 spiro atoms. The van der Waals surface area contributed by atoms with Crippen molar-refractivity contribution in [3.8, 4) is 11.5 Å². The van der Waals surface area contributed by atoms with Crippen molar-refractivity contribution < 1.29 is 29.0 Å². The molecule has 0 aliphatic heterocycles. The molecule has 0 heterocycles. The number of nitrogens with one attached hydrogen (secondary N) is 2. The van der Waals surface area contributed by atoms with Crippen LogP contribution in [0.25, 0.3) is 0 Å². The van der Waals surface area contributed by atoms with Gasteiger partial charge in [-0.1, -0.05) is 0 Å². The highest BCUT2D eigenvalue weighted by Crippen LogP contribution is 2.29. The first-order valence-corrected chi connectivity index (χ1v) is 6.46. The number of Topliss-reactive ketones (excluding diaryl/α,β-unsaturated/α-hetero) is 1. The Labute approximate surface area is 127 Å². The van der Waals surface area contributed by atoms with Crippen molar-refractivity contribution in [3.63, 3.8) is 0 Å². The Morgan fingerprint density at radius 1 is 1.09 bits per heavy atom. The van der Waals surface area contributed by atoms with E-state index >= 15 is 0 Å². The van der Waals surface area contributed by atoms with Gasteiger partial charge in [0, 0.05) is 18.2 Å². The van der Waals surface area contributed by atoms with Gasteiger partial charge in [-0.25, -0.2) is 4.79 Å². The SMILES string of the molecule is COc1ccc(NC(=O)NCC(=O)CCC(=O)O)cc1OC. The molecule has 0 unspecified atom stereocenters. The average molecular weight is 310 g/mol. The number of amides is 2. The van der Waals surface area contributed by atoms with Crippen molar-refractivity contribution in [1.82, 2.24) is 5.32 Å². The van der Waals surface area contributed by atoms with Crippen molar-refractivity contribution in [1.29, 1.82) is 0 Å². The summed E-state index contributed by atoms with van der Waals surface area (Å²) in [7, 11) is 2.98. The molecule has 0 aliphatic carbocycles. The Kier molecular flexibility index (Phi) is 6.68. The number of methoxy groups -OCH3 is 2. The molecular weight excluding hydrogens is 292 g/mol. The predicted octanol–water partition coefficient (Wildman–Crippen LogP) is 1.26. The van der Waals surface area contributed by atoms with Crippen molar-refractivity contribution in [2.75, 3.05) is 26.1 Å². The molecule has 120 valence electrons. The summed E-state index contributed by atoms with van der Waals surface area (Å²) in [4.78, 5) is 33.3. The molecule has 1 aromatic carbocycles. The van der Waals surface area contributed by atoms with Gasteiger partial charge in [0.15, 0.2) is 17.3 Å². The maximum atomic E-state index is 11.6. The van der Waals surface area contributed by atoms with Gasteiger partial charge in [-0.3, -0.25) is 9.59 Å². The number of ketones is 1. The zero-order chi connectivity index (χ0) is 16.5. The number of urea groups is 1. The third kappa shape index (κ3) is 5.70. The summed E-state index contributed by atoms with van der Waals surface area (Å²) in [5.74, 6) is -0.428. The summed E-state index contributed by atoms with van der Waals surface area (Å²) < 4.78 is 10.2. The Balaban J connectivity index is 2.48. The molecule has 0 bridgehead atoms. The molecule has 1 rings (SSSR count). The molecule has 0 fully saturated rings. The van der Waals surface area contributed by atoms with Crippen LogP contribution in [0.1, 0.15) is 12.8 Å². The summed E-state index contributed by atoms with van der Waals surface area (Å²) in [6.07, 6.45) is -0.371. The largest absolute Gasteiger partial charge is 0.493 e. The van der Waals surface area contributed by atoms with E-state index in [1.54, 1.807) is 18.2 Å². The summed E-state index contributed by atoms with van der Waals surface area (Å²) in [6.45, 7) is -0.230. The predicted molar refractivity (Wildman–Crippen MR) is 78.4 cm³/mol. The van der Waals surface area contributed by atoms with E-state index in [1.165, 1.54) is 14.2 Å². The minimum absolute atomic E-state index is 0.119. The zero-order valence-corrected chi connectivity index (χ0v) is 12.3. The minimum Gasteiger partial charge on any atom is -0.493 e. The van der Waals surface area contributed by atoms with Gasteiger partial charge >= 0.3 is 12.0 Å². The lowest BCUT2D eigenvalue weighted by Gasteiger charge is -2.11. The Bertz CT molecular complexity index is 558. The second-order valence-corrected chi connectivity index (χ2v) is 4.31. The van der Waals surface area contributed by atoms with Gasteiger partial charge in [-0.05, 0) is 12.1 Å². The van der Waals surface area contributed by atoms with Gasteiger partial charge < -0.3 is 25.2 Å². The smallest absolute Gasteiger partial charge is 0.319 e. The number of ether oxygens (including phenoxy) is 2. The van der Waals surface area contributed by atoms with Gasteiger partial charge in [0.25, 0.3) is 0 Å². The van der Waals surface area contributed by atoms with Crippen LogP contribution in [-0.4, -0.2) is 43.7 Å². The average Bonchev–Trinajstić information content (AvgIpc) is 2.50. The normalized spacial score (nSPS) is 9.73. The van der Waals surface area contributed by atoms with Gasteiger partial charge in [-0.15, -0.1) is 0 Å². The number of aliphatic carboxylic acids is 1. The molecule has 2 amide bonds. The minimum atomic E-state index is -1.05. The lowest BCUT2D eigenvalue weighted by molar-refractivity contribution is -0.138. The highest BCUT2D eigenvalue weighted by atomic mass is 16.5. The van der Waals surface area contributed by atoms with E-state index in [9.17, 15) is 14.4 Å². The van der Waals surface area contributed by atoms with Crippen molar-refractivity contribution >= 4 is 23.5 Å². The highest BCUT2D eigenvalue weighted by Gasteiger charge is 2.09. The summed E-state index contributed by atoms with van der Waals surface area (Å²) >= 11 is 0. The van der Waals surface area contributed by atoms with Crippen LogP contribution in [0.15, 0.2) is 18.2 Å². The maximum absolute atomic E-state index is 11.6. The summed E-state index contributed by atoms with van der Waals surface area (Å²) in [6, 6.07) is 4.25. The van der Waals surface area contributed by atoms with Crippen LogP contribution < -0.4 is 20.1 Å². The molecule has 0 atom stereocenters. The van der Waals surface area contributed by atoms with Gasteiger partial charge in [0.1, 0.15) is 0 Å². The molecule has 1 aromatic rings. The molecule has 0 saturated carbocycles. The number of carbonyl (C=O) groups excluding carboxylic acids is 2. The van der Waals surface area contributed by atoms with E-state index in [2.05, 4.69) is 10.6 Å². The van der Waals surface area contributed by atoms with E-state index in [4.69, 9.17) is 14.6 Å². The first-order chi connectivity index (χ1) is 10.5. The van der Waals surface area contributed by atoms with Crippen LogP contribution in [0, 0.1) is 0 Å². The van der Waals surface area contributed by atoms with Crippen LogP contribution >= 0.6 is 0 Å². The fraction of sp³-hybridized carbons (Fsp3) is 0.357. The van der Waals surface area contributed by atoms with Crippen molar-refractivity contribution in [2.24, 2.45) is 0 Å². The third-order valence-electron chi connectivity index (χ3n) is 2.71. The molecule has 0 aromatic heterocycles. The van der Waals surface area contributed by atoms with Crippen molar-refractivity contribution in [2.45, 2.75) is 12.8 Å². The van der Waals surface area contributed by atoms with Gasteiger partial charge in [0.05, 0.1) is 27.2 Å². The van der Waals surface area contributed by atoms with E-state index in [-0.39, 0.29) is 25.2 Å². The number of benzene rings is 1. The lowest BCUT2D eigenvalue weighted by Crippen LogP contribution is -2.33. The fourth-order valence-corrected chi connectivity index (χ4v) is 1.60. The topological polar surface area (TPSA) is 114 Å². The fourth-order valence-electron chi connectivity index (χ4n) is 1.60. The molecule has 3 N–H and O–H groups in total. The maximum Gasteiger partial charge on any atom is 0.319 e. The molecular formula is C14H18N2O6.